The molecule has 1 rings (SSSR count). The molecule has 0 aliphatic rings. The van der Waals surface area contributed by atoms with Gasteiger partial charge in [-0.25, -0.2) is 0 Å². The van der Waals surface area contributed by atoms with Crippen molar-refractivity contribution >= 4 is 17.8 Å². The lowest BCUT2D eigenvalue weighted by Crippen LogP contribution is -2.49. The van der Waals surface area contributed by atoms with Crippen molar-refractivity contribution in [2.24, 2.45) is 4.99 Å². The van der Waals surface area contributed by atoms with Crippen molar-refractivity contribution in [1.29, 1.82) is 0 Å². The van der Waals surface area contributed by atoms with Gasteiger partial charge in [0.25, 0.3) is 5.91 Å². The van der Waals surface area contributed by atoms with Gasteiger partial charge in [-0.2, -0.15) is 0 Å². The molecule has 0 aliphatic carbocycles. The number of rotatable bonds is 6. The molecule has 7 heteroatoms. The molecule has 1 aromatic carbocycles. The number of nitrogens with zero attached hydrogens (tertiary/aromatic N) is 3. The van der Waals surface area contributed by atoms with E-state index < -0.39 is 0 Å². The maximum Gasteiger partial charge on any atom is 0.253 e. The maximum atomic E-state index is 12.1. The number of nitrogens with one attached hydrogen (secondary N) is 2. The molecule has 0 spiro atoms. The standard InChI is InChI=1S/C20H33N5O2/c1-20(2,3)23-17(26)14-25(7)19(21-4)22-12-11-15-9-8-10-16(13-15)18(27)24(5)6/h8-10,13H,11-12,14H2,1-7H3,(H,21,22)(H,23,26). The van der Waals surface area contributed by atoms with Crippen LogP contribution in [0.3, 0.4) is 0 Å². The van der Waals surface area contributed by atoms with E-state index in [9.17, 15) is 9.59 Å². The fourth-order valence-electron chi connectivity index (χ4n) is 2.57. The summed E-state index contributed by atoms with van der Waals surface area (Å²) in [6, 6.07) is 7.62. The van der Waals surface area contributed by atoms with E-state index in [1.165, 1.54) is 0 Å². The molecule has 2 amide bonds. The summed E-state index contributed by atoms with van der Waals surface area (Å²) in [5, 5.41) is 6.20. The lowest BCUT2D eigenvalue weighted by molar-refractivity contribution is -0.122. The number of aliphatic imine (C=N–C) groups is 1. The van der Waals surface area contributed by atoms with Crippen LogP contribution in [0, 0.1) is 0 Å². The number of hydrogen-bond donors (Lipinski definition) is 2. The zero-order valence-electron chi connectivity index (χ0n) is 17.6. The molecule has 0 aliphatic heterocycles. The summed E-state index contributed by atoms with van der Waals surface area (Å²) in [5.74, 6) is 0.590. The van der Waals surface area contributed by atoms with Crippen molar-refractivity contribution in [3.63, 3.8) is 0 Å². The van der Waals surface area contributed by atoms with E-state index in [0.717, 1.165) is 12.0 Å². The van der Waals surface area contributed by atoms with Crippen molar-refractivity contribution in [2.75, 3.05) is 41.3 Å². The summed E-state index contributed by atoms with van der Waals surface area (Å²) in [7, 11) is 7.00. The molecule has 0 bridgehead atoms. The van der Waals surface area contributed by atoms with Crippen LogP contribution in [-0.2, 0) is 11.2 Å². The maximum absolute atomic E-state index is 12.1. The van der Waals surface area contributed by atoms with Crippen LogP contribution in [0.1, 0.15) is 36.7 Å². The zero-order chi connectivity index (χ0) is 20.6. The molecule has 0 saturated heterocycles. The third kappa shape index (κ3) is 8.11. The average molecular weight is 376 g/mol. The van der Waals surface area contributed by atoms with Gasteiger partial charge in [0, 0.05) is 45.8 Å². The van der Waals surface area contributed by atoms with E-state index >= 15 is 0 Å². The highest BCUT2D eigenvalue weighted by Gasteiger charge is 2.16. The smallest absolute Gasteiger partial charge is 0.253 e. The van der Waals surface area contributed by atoms with E-state index in [1.807, 2.05) is 52.1 Å². The van der Waals surface area contributed by atoms with Crippen LogP contribution in [0.25, 0.3) is 0 Å². The molecule has 1 aromatic rings. The first-order valence-corrected chi connectivity index (χ1v) is 9.07. The monoisotopic (exact) mass is 375 g/mol. The van der Waals surface area contributed by atoms with Gasteiger partial charge < -0.3 is 20.4 Å². The number of likely N-dealkylation sites (N-methyl/N-ethyl adjacent to an activating group) is 1. The minimum atomic E-state index is -0.260. The Balaban J connectivity index is 2.57. The molecular formula is C20H33N5O2. The molecule has 0 aromatic heterocycles. The van der Waals surface area contributed by atoms with Crippen LogP contribution in [0.2, 0.25) is 0 Å². The van der Waals surface area contributed by atoms with Crippen molar-refractivity contribution in [3.8, 4) is 0 Å². The van der Waals surface area contributed by atoms with Gasteiger partial charge in [-0.15, -0.1) is 0 Å². The second-order valence-corrected chi connectivity index (χ2v) is 7.78. The predicted octanol–water partition coefficient (Wildman–Crippen LogP) is 1.35. The van der Waals surface area contributed by atoms with Gasteiger partial charge in [-0.3, -0.25) is 14.6 Å². The quantitative estimate of drug-likeness (QED) is 0.581. The first kappa shape index (κ1) is 22.5. The molecule has 7 nitrogen and oxygen atoms in total. The first-order chi connectivity index (χ1) is 12.5. The molecule has 0 heterocycles. The Kier molecular flexibility index (Phi) is 8.28. The van der Waals surface area contributed by atoms with Crippen LogP contribution in [0.5, 0.6) is 0 Å². The van der Waals surface area contributed by atoms with Crippen LogP contribution in [0.4, 0.5) is 0 Å². The minimum Gasteiger partial charge on any atom is -0.356 e. The van der Waals surface area contributed by atoms with Crippen molar-refractivity contribution in [1.82, 2.24) is 20.4 Å². The number of carbonyl (C=O) groups excluding carboxylic acids is 2. The van der Waals surface area contributed by atoms with Crippen molar-refractivity contribution in [3.05, 3.63) is 35.4 Å². The second kappa shape index (κ2) is 9.94. The van der Waals surface area contributed by atoms with Gasteiger partial charge >= 0.3 is 0 Å². The Hall–Kier alpha value is -2.57. The van der Waals surface area contributed by atoms with Gasteiger partial charge in [0.1, 0.15) is 0 Å². The van der Waals surface area contributed by atoms with E-state index in [0.29, 0.717) is 18.1 Å². The number of guanidine groups is 1. The highest BCUT2D eigenvalue weighted by atomic mass is 16.2. The molecule has 0 atom stereocenters. The normalized spacial score (nSPS) is 11.7. The summed E-state index contributed by atoms with van der Waals surface area (Å²) in [6.45, 7) is 6.73. The Morgan fingerprint density at radius 2 is 1.81 bits per heavy atom. The van der Waals surface area contributed by atoms with E-state index in [1.54, 1.807) is 30.9 Å². The van der Waals surface area contributed by atoms with E-state index in [-0.39, 0.29) is 23.9 Å². The first-order valence-electron chi connectivity index (χ1n) is 9.07. The number of hydrogen-bond acceptors (Lipinski definition) is 3. The third-order valence-corrected chi connectivity index (χ3v) is 3.75. The molecule has 27 heavy (non-hydrogen) atoms. The topological polar surface area (TPSA) is 77.0 Å². The molecule has 2 N–H and O–H groups in total. The molecular weight excluding hydrogens is 342 g/mol. The third-order valence-electron chi connectivity index (χ3n) is 3.75. The van der Waals surface area contributed by atoms with E-state index in [4.69, 9.17) is 0 Å². The van der Waals surface area contributed by atoms with Crippen molar-refractivity contribution < 1.29 is 9.59 Å². The van der Waals surface area contributed by atoms with Gasteiger partial charge in [0.15, 0.2) is 5.96 Å². The predicted molar refractivity (Wildman–Crippen MR) is 110 cm³/mol. The highest BCUT2D eigenvalue weighted by molar-refractivity contribution is 5.94. The van der Waals surface area contributed by atoms with Crippen LogP contribution < -0.4 is 10.6 Å². The molecule has 0 radical (unpaired) electrons. The fourth-order valence-corrected chi connectivity index (χ4v) is 2.57. The zero-order valence-corrected chi connectivity index (χ0v) is 17.6. The van der Waals surface area contributed by atoms with Gasteiger partial charge in [0.2, 0.25) is 5.91 Å². The lowest BCUT2D eigenvalue weighted by Gasteiger charge is -2.25. The molecule has 0 unspecified atom stereocenters. The summed E-state index contributed by atoms with van der Waals surface area (Å²) in [6.07, 6.45) is 0.746. The number of benzene rings is 1. The molecule has 0 fully saturated rings. The highest BCUT2D eigenvalue weighted by Crippen LogP contribution is 2.08. The Labute approximate surface area is 162 Å². The minimum absolute atomic E-state index is 0.00906. The summed E-state index contributed by atoms with van der Waals surface area (Å²) < 4.78 is 0. The van der Waals surface area contributed by atoms with Crippen LogP contribution in [0.15, 0.2) is 29.3 Å². The average Bonchev–Trinajstić information content (AvgIpc) is 2.56. The Morgan fingerprint density at radius 3 is 2.37 bits per heavy atom. The summed E-state index contributed by atoms with van der Waals surface area (Å²) >= 11 is 0. The second-order valence-electron chi connectivity index (χ2n) is 7.78. The SMILES string of the molecule is CN=C(NCCc1cccc(C(=O)N(C)C)c1)N(C)CC(=O)NC(C)(C)C. The van der Waals surface area contributed by atoms with E-state index in [2.05, 4.69) is 15.6 Å². The van der Waals surface area contributed by atoms with Crippen LogP contribution in [-0.4, -0.2) is 74.4 Å². The Morgan fingerprint density at radius 1 is 1.15 bits per heavy atom. The lowest BCUT2D eigenvalue weighted by atomic mass is 10.1. The van der Waals surface area contributed by atoms with Gasteiger partial charge in [0.05, 0.1) is 6.54 Å². The van der Waals surface area contributed by atoms with Gasteiger partial charge in [-0.1, -0.05) is 12.1 Å². The van der Waals surface area contributed by atoms with Gasteiger partial charge in [-0.05, 0) is 44.9 Å². The largest absolute Gasteiger partial charge is 0.356 e. The Bertz CT molecular complexity index is 677. The van der Waals surface area contributed by atoms with Crippen LogP contribution >= 0.6 is 0 Å². The number of amides is 2. The molecule has 0 saturated carbocycles. The molecule has 150 valence electrons. The van der Waals surface area contributed by atoms with Crippen molar-refractivity contribution in [2.45, 2.75) is 32.7 Å². The summed E-state index contributed by atoms with van der Waals surface area (Å²) in [5.41, 5.74) is 1.49. The summed E-state index contributed by atoms with van der Waals surface area (Å²) in [4.78, 5) is 31.7. The fraction of sp³-hybridized carbons (Fsp3) is 0.550. The number of carbonyl (C=O) groups is 2.